The van der Waals surface area contributed by atoms with Crippen LogP contribution < -0.4 is 5.11 Å². The largest absolute Gasteiger partial charge is 0.545 e. The third-order valence-corrected chi connectivity index (χ3v) is 14.3. The Morgan fingerprint density at radius 3 is 1.09 bits per heavy atom. The number of carbonyl (C=O) groups is 3. The first-order valence-electron chi connectivity index (χ1n) is 32.4. The van der Waals surface area contributed by atoms with Gasteiger partial charge >= 0.3 is 11.9 Å². The molecule has 2 atom stereocenters. The van der Waals surface area contributed by atoms with Gasteiger partial charge in [-0.2, -0.15) is 0 Å². The topological polar surface area (TPSA) is 111 Å². The molecule has 9 heteroatoms. The van der Waals surface area contributed by atoms with Gasteiger partial charge in [0.05, 0.1) is 40.3 Å². The maximum Gasteiger partial charge on any atom is 0.306 e. The summed E-state index contributed by atoms with van der Waals surface area (Å²) in [5.74, 6) is -2.35. The van der Waals surface area contributed by atoms with Crippen molar-refractivity contribution in [2.24, 2.45) is 0 Å². The quantitative estimate of drug-likeness (QED) is 0.0195. The van der Waals surface area contributed by atoms with E-state index in [9.17, 15) is 19.5 Å². The molecule has 0 rings (SSSR count). The maximum atomic E-state index is 12.8. The average molecular weight is 1080 g/mol. The Labute approximate surface area is 475 Å². The lowest BCUT2D eigenvalue weighted by Crippen LogP contribution is -2.44. The highest BCUT2D eigenvalue weighted by molar-refractivity contribution is 5.70. The number of rotatable bonds is 60. The lowest BCUT2D eigenvalue weighted by molar-refractivity contribution is -0.870. The second-order valence-corrected chi connectivity index (χ2v) is 23.0. The second kappa shape index (κ2) is 59.1. The number of carboxylic acids is 1. The number of ether oxygens (including phenoxy) is 4. The van der Waals surface area contributed by atoms with E-state index < -0.39 is 24.3 Å². The number of esters is 2. The summed E-state index contributed by atoms with van der Waals surface area (Å²) in [5, 5.41) is 11.8. The van der Waals surface area contributed by atoms with Crippen LogP contribution in [0.5, 0.6) is 0 Å². The first-order chi connectivity index (χ1) is 37.6. The van der Waals surface area contributed by atoms with Crippen molar-refractivity contribution in [2.45, 2.75) is 309 Å². The van der Waals surface area contributed by atoms with Crippen LogP contribution in [0.15, 0.2) is 60.8 Å². The summed E-state index contributed by atoms with van der Waals surface area (Å²) in [5.41, 5.74) is 0. The predicted molar refractivity (Wildman–Crippen MR) is 325 cm³/mol. The van der Waals surface area contributed by atoms with E-state index in [4.69, 9.17) is 18.9 Å². The van der Waals surface area contributed by atoms with Gasteiger partial charge in [0.2, 0.25) is 0 Å². The molecule has 0 saturated heterocycles. The highest BCUT2D eigenvalue weighted by atomic mass is 16.7. The second-order valence-electron chi connectivity index (χ2n) is 23.0. The molecule has 0 aromatic rings. The van der Waals surface area contributed by atoms with Crippen molar-refractivity contribution in [1.82, 2.24) is 0 Å². The summed E-state index contributed by atoms with van der Waals surface area (Å²) in [6, 6.07) is 0. The lowest BCUT2D eigenvalue weighted by Gasteiger charge is -2.26. The normalized spacial score (nSPS) is 13.1. The van der Waals surface area contributed by atoms with Crippen molar-refractivity contribution in [3.8, 4) is 0 Å². The molecular weight excluding hydrogens is 959 g/mol. The van der Waals surface area contributed by atoms with Gasteiger partial charge in [-0.15, -0.1) is 0 Å². The van der Waals surface area contributed by atoms with E-state index in [1.54, 1.807) is 0 Å². The molecule has 0 aliphatic rings. The van der Waals surface area contributed by atoms with E-state index in [0.29, 0.717) is 23.9 Å². The highest BCUT2D eigenvalue weighted by Gasteiger charge is 2.22. The average Bonchev–Trinajstić information content (AvgIpc) is 3.40. The summed E-state index contributed by atoms with van der Waals surface area (Å²) in [6.07, 6.45) is 73.3. The molecule has 0 bridgehead atoms. The molecule has 0 aliphatic carbocycles. The van der Waals surface area contributed by atoms with E-state index in [-0.39, 0.29) is 38.6 Å². The van der Waals surface area contributed by atoms with E-state index in [2.05, 4.69) is 74.6 Å². The van der Waals surface area contributed by atoms with Gasteiger partial charge in [0.1, 0.15) is 13.2 Å². The summed E-state index contributed by atoms with van der Waals surface area (Å²) >= 11 is 0. The fourth-order valence-electron chi connectivity index (χ4n) is 9.34. The van der Waals surface area contributed by atoms with Crippen LogP contribution in [-0.2, 0) is 33.3 Å². The van der Waals surface area contributed by atoms with E-state index in [1.807, 2.05) is 21.1 Å². The number of allylic oxidation sites excluding steroid dienone is 10. The molecule has 0 N–H and O–H groups in total. The van der Waals surface area contributed by atoms with Gasteiger partial charge in [-0.1, -0.05) is 293 Å². The van der Waals surface area contributed by atoms with Gasteiger partial charge in [0.15, 0.2) is 12.4 Å². The maximum absolute atomic E-state index is 12.8. The highest BCUT2D eigenvalue weighted by Crippen LogP contribution is 2.18. The van der Waals surface area contributed by atoms with Crippen LogP contribution in [0.2, 0.25) is 0 Å². The molecule has 2 unspecified atom stereocenters. The van der Waals surface area contributed by atoms with Crippen LogP contribution in [0, 0.1) is 0 Å². The van der Waals surface area contributed by atoms with E-state index in [1.165, 1.54) is 205 Å². The lowest BCUT2D eigenvalue weighted by atomic mass is 10.0. The molecule has 9 nitrogen and oxygen atoms in total. The summed E-state index contributed by atoms with van der Waals surface area (Å²) < 4.78 is 22.6. The third kappa shape index (κ3) is 60.5. The van der Waals surface area contributed by atoms with E-state index in [0.717, 1.165) is 51.4 Å². The smallest absolute Gasteiger partial charge is 0.306 e. The van der Waals surface area contributed by atoms with Crippen LogP contribution in [0.25, 0.3) is 0 Å². The Kier molecular flexibility index (Phi) is 56.8. The number of quaternary nitrogens is 1. The van der Waals surface area contributed by atoms with Gasteiger partial charge < -0.3 is 33.3 Å². The predicted octanol–water partition coefficient (Wildman–Crippen LogP) is 18.2. The molecule has 0 spiro atoms. The van der Waals surface area contributed by atoms with Crippen molar-refractivity contribution in [1.29, 1.82) is 0 Å². The minimum absolute atomic E-state index is 0.136. The molecule has 0 aromatic carbocycles. The minimum atomic E-state index is -1.64. The Morgan fingerprint density at radius 2 is 0.740 bits per heavy atom. The van der Waals surface area contributed by atoms with Crippen LogP contribution in [0.3, 0.4) is 0 Å². The van der Waals surface area contributed by atoms with Crippen molar-refractivity contribution in [2.75, 3.05) is 47.5 Å². The molecule has 0 radical (unpaired) electrons. The van der Waals surface area contributed by atoms with Gasteiger partial charge in [0.25, 0.3) is 0 Å². The Balaban J connectivity index is 4.04. The van der Waals surface area contributed by atoms with Crippen LogP contribution in [0.1, 0.15) is 296 Å². The zero-order chi connectivity index (χ0) is 56.2. The molecule has 448 valence electrons. The summed E-state index contributed by atoms with van der Waals surface area (Å²) in [6.45, 7) is 4.60. The number of carboxylic acid groups (broad SMARTS) is 1. The SMILES string of the molecule is CC/C=C\C/C=C\C/C=C\C/C=C\C/C=C\CCCC(=O)OC(COC(=O)CCCCCCCCCCCCCCCCCCCCCCCCCCCCCCCCCCCCC)COC(OCC[N+](C)(C)C)C(=O)[O-]. The molecular formula is C68H123NO8. The van der Waals surface area contributed by atoms with Crippen molar-refractivity contribution in [3.63, 3.8) is 0 Å². The van der Waals surface area contributed by atoms with Gasteiger partial charge in [-0.05, 0) is 51.4 Å². The van der Waals surface area contributed by atoms with Crippen LogP contribution in [0.4, 0.5) is 0 Å². The minimum Gasteiger partial charge on any atom is -0.545 e. The number of aliphatic carboxylic acids is 1. The van der Waals surface area contributed by atoms with Crippen molar-refractivity contribution in [3.05, 3.63) is 60.8 Å². The zero-order valence-electron chi connectivity index (χ0n) is 51.1. The number of unbranched alkanes of at least 4 members (excludes halogenated alkanes) is 35. The zero-order valence-corrected chi connectivity index (χ0v) is 51.1. The molecule has 77 heavy (non-hydrogen) atoms. The first-order valence-corrected chi connectivity index (χ1v) is 32.4. The monoisotopic (exact) mass is 1080 g/mol. The molecule has 0 aromatic heterocycles. The Morgan fingerprint density at radius 1 is 0.403 bits per heavy atom. The standard InChI is InChI=1S/C68H123NO8/c1-6-8-10-12-14-16-18-20-22-24-25-26-27-28-29-30-31-32-33-34-35-36-37-38-39-40-41-43-44-46-48-50-52-54-56-58-65(70)75-62-64(63-76-68(67(72)73)74-61-60-69(3,4)5)77-66(71)59-57-55-53-51-49-47-45-42-23-21-19-17-15-13-11-9-7-2/h9,11,15,17,21,23,45,47,51,53,64,68H,6-8,10,12-14,16,18-20,22,24-44,46,48-50,52,54-63H2,1-5H3/b11-9-,17-15-,23-21-,47-45-,53-51-. The number of carbonyl (C=O) groups excluding carboxylic acids is 3. The number of hydrogen-bond donors (Lipinski definition) is 0. The first kappa shape index (κ1) is 74.0. The Hall–Kier alpha value is -3.01. The molecule has 0 amide bonds. The number of nitrogens with zero attached hydrogens (tertiary/aromatic N) is 1. The molecule has 0 fully saturated rings. The van der Waals surface area contributed by atoms with Gasteiger partial charge in [-0.25, -0.2) is 0 Å². The summed E-state index contributed by atoms with van der Waals surface area (Å²) in [4.78, 5) is 37.3. The van der Waals surface area contributed by atoms with Crippen LogP contribution >= 0.6 is 0 Å². The van der Waals surface area contributed by atoms with Crippen molar-refractivity contribution < 1.29 is 42.9 Å². The van der Waals surface area contributed by atoms with E-state index >= 15 is 0 Å². The molecule has 0 aliphatic heterocycles. The van der Waals surface area contributed by atoms with Crippen molar-refractivity contribution >= 4 is 17.9 Å². The number of likely N-dealkylation sites (N-methyl/N-ethyl adjacent to an activating group) is 1. The van der Waals surface area contributed by atoms with Gasteiger partial charge in [0, 0.05) is 12.8 Å². The van der Waals surface area contributed by atoms with Crippen LogP contribution in [-0.4, -0.2) is 82.3 Å². The fraction of sp³-hybridized carbons (Fsp3) is 0.809. The number of hydrogen-bond acceptors (Lipinski definition) is 8. The Bertz CT molecular complexity index is 1450. The molecule has 0 heterocycles. The summed E-state index contributed by atoms with van der Waals surface area (Å²) in [7, 11) is 5.91. The van der Waals surface area contributed by atoms with Gasteiger partial charge in [-0.3, -0.25) is 9.59 Å². The third-order valence-electron chi connectivity index (χ3n) is 14.3. The molecule has 0 saturated carbocycles. The fourth-order valence-corrected chi connectivity index (χ4v) is 9.34.